The summed E-state index contributed by atoms with van der Waals surface area (Å²) in [5.74, 6) is 0.572. The summed E-state index contributed by atoms with van der Waals surface area (Å²) in [6, 6.07) is 13.3. The van der Waals surface area contributed by atoms with Crippen LogP contribution in [-0.4, -0.2) is 58.7 Å². The van der Waals surface area contributed by atoms with Gasteiger partial charge in [-0.05, 0) is 24.0 Å². The molecule has 0 N–H and O–H groups in total. The van der Waals surface area contributed by atoms with E-state index in [2.05, 4.69) is 18.8 Å². The number of ether oxygens (including phenoxy) is 1. The van der Waals surface area contributed by atoms with Crippen LogP contribution >= 0.6 is 0 Å². The molecule has 32 heavy (non-hydrogen) atoms. The third-order valence-electron chi connectivity index (χ3n) is 5.78. The lowest BCUT2D eigenvalue weighted by atomic mass is 9.75. The highest BCUT2D eigenvalue weighted by atomic mass is 16.5. The molecule has 2 aromatic heterocycles. The van der Waals surface area contributed by atoms with Crippen LogP contribution in [0.1, 0.15) is 46.7 Å². The Labute approximate surface area is 188 Å². The van der Waals surface area contributed by atoms with Crippen molar-refractivity contribution in [3.05, 3.63) is 65.5 Å². The Kier molecular flexibility index (Phi) is 5.93. The molecule has 0 fully saturated rings. The van der Waals surface area contributed by atoms with E-state index >= 15 is 0 Å². The van der Waals surface area contributed by atoms with Crippen LogP contribution in [0.4, 0.5) is 0 Å². The first-order chi connectivity index (χ1) is 15.3. The Morgan fingerprint density at radius 1 is 1.16 bits per heavy atom. The molecule has 0 atom stereocenters. The summed E-state index contributed by atoms with van der Waals surface area (Å²) < 4.78 is 6.81. The Morgan fingerprint density at radius 3 is 2.56 bits per heavy atom. The van der Waals surface area contributed by atoms with Crippen LogP contribution in [0.5, 0.6) is 0 Å². The van der Waals surface area contributed by atoms with Gasteiger partial charge < -0.3 is 9.64 Å². The van der Waals surface area contributed by atoms with Gasteiger partial charge in [-0.2, -0.15) is 5.10 Å². The van der Waals surface area contributed by atoms with Gasteiger partial charge in [0.1, 0.15) is 5.69 Å². The lowest BCUT2D eigenvalue weighted by Gasteiger charge is -2.29. The molecular weight excluding hydrogens is 404 g/mol. The number of likely N-dealkylation sites (N-methyl/N-ethyl adjacent to an activating group) is 1. The fraction of sp³-hybridized carbons (Fsp3) is 0.360. The van der Waals surface area contributed by atoms with Crippen LogP contribution in [-0.2, 0) is 11.2 Å². The number of Topliss-reactive ketones (excluding diaryl/α,β-unsaturated/α-hetero) is 1. The van der Waals surface area contributed by atoms with Gasteiger partial charge in [-0.3, -0.25) is 9.59 Å². The molecular formula is C25H28N4O3. The van der Waals surface area contributed by atoms with Gasteiger partial charge in [-0.25, -0.2) is 9.67 Å². The maximum absolute atomic E-state index is 13.1. The number of carbonyl (C=O) groups is 2. The van der Waals surface area contributed by atoms with E-state index in [4.69, 9.17) is 9.84 Å². The molecule has 1 amide bonds. The Morgan fingerprint density at radius 2 is 1.91 bits per heavy atom. The van der Waals surface area contributed by atoms with E-state index < -0.39 is 0 Å². The quantitative estimate of drug-likeness (QED) is 0.592. The highest BCUT2D eigenvalue weighted by molar-refractivity contribution is 6.04. The van der Waals surface area contributed by atoms with Crippen LogP contribution in [0.2, 0.25) is 0 Å². The average molecular weight is 433 g/mol. The average Bonchev–Trinajstić information content (AvgIpc) is 3.16. The number of nitrogens with zero attached hydrogens (tertiary/aromatic N) is 4. The molecule has 1 aliphatic carbocycles. The fourth-order valence-corrected chi connectivity index (χ4v) is 4.12. The molecule has 1 aromatic carbocycles. The van der Waals surface area contributed by atoms with E-state index in [1.807, 2.05) is 30.3 Å². The number of ketones is 1. The summed E-state index contributed by atoms with van der Waals surface area (Å²) in [5.41, 5.74) is 3.47. The Balaban J connectivity index is 1.74. The smallest absolute Gasteiger partial charge is 0.255 e. The zero-order valence-electron chi connectivity index (χ0n) is 19.0. The summed E-state index contributed by atoms with van der Waals surface area (Å²) in [6.45, 7) is 5.16. The van der Waals surface area contributed by atoms with Crippen molar-refractivity contribution >= 4 is 11.7 Å². The molecule has 7 heteroatoms. The SMILES string of the molecule is COCCN(C)C(=O)c1ccc(-n2nc(-c3ccccc3)c3c2CC(C)(C)CC3=O)nc1. The second-order valence-electron chi connectivity index (χ2n) is 9.01. The van der Waals surface area contributed by atoms with Crippen LogP contribution < -0.4 is 0 Å². The van der Waals surface area contributed by atoms with Gasteiger partial charge in [0.2, 0.25) is 0 Å². The number of pyridine rings is 1. The number of rotatable bonds is 6. The number of carbonyl (C=O) groups excluding carboxylic acids is 2. The van der Waals surface area contributed by atoms with Gasteiger partial charge in [0, 0.05) is 38.9 Å². The van der Waals surface area contributed by atoms with Crippen LogP contribution in [0.15, 0.2) is 48.7 Å². The van der Waals surface area contributed by atoms with E-state index in [0.717, 1.165) is 17.7 Å². The number of aromatic nitrogens is 3. The van der Waals surface area contributed by atoms with E-state index in [1.165, 1.54) is 0 Å². The molecule has 7 nitrogen and oxygen atoms in total. The maximum atomic E-state index is 13.1. The molecule has 0 saturated heterocycles. The Hall–Kier alpha value is -3.32. The number of methoxy groups -OCH3 is 1. The van der Waals surface area contributed by atoms with Crippen molar-refractivity contribution in [2.45, 2.75) is 26.7 Å². The number of fused-ring (bicyclic) bond motifs is 1. The molecule has 0 spiro atoms. The number of benzene rings is 1. The molecule has 1 aliphatic rings. The van der Waals surface area contributed by atoms with Crippen molar-refractivity contribution in [1.82, 2.24) is 19.7 Å². The van der Waals surface area contributed by atoms with Gasteiger partial charge >= 0.3 is 0 Å². The van der Waals surface area contributed by atoms with Gasteiger partial charge in [0.25, 0.3) is 5.91 Å². The first-order valence-corrected chi connectivity index (χ1v) is 10.7. The lowest BCUT2D eigenvalue weighted by Crippen LogP contribution is -2.30. The number of hydrogen-bond acceptors (Lipinski definition) is 5. The second kappa shape index (κ2) is 8.67. The summed E-state index contributed by atoms with van der Waals surface area (Å²) >= 11 is 0. The lowest BCUT2D eigenvalue weighted by molar-refractivity contribution is 0.0743. The minimum absolute atomic E-state index is 0.105. The van der Waals surface area contributed by atoms with Crippen molar-refractivity contribution in [3.8, 4) is 17.1 Å². The molecule has 0 saturated carbocycles. The summed E-state index contributed by atoms with van der Waals surface area (Å²) in [4.78, 5) is 31.9. The van der Waals surface area contributed by atoms with Crippen molar-refractivity contribution in [1.29, 1.82) is 0 Å². The molecule has 4 rings (SSSR count). The molecule has 0 aliphatic heterocycles. The van der Waals surface area contributed by atoms with Crippen molar-refractivity contribution < 1.29 is 14.3 Å². The fourth-order valence-electron chi connectivity index (χ4n) is 4.12. The molecule has 166 valence electrons. The Bertz CT molecular complexity index is 1130. The topological polar surface area (TPSA) is 77.3 Å². The molecule has 0 radical (unpaired) electrons. The van der Waals surface area contributed by atoms with Crippen molar-refractivity contribution in [2.24, 2.45) is 5.41 Å². The summed E-state index contributed by atoms with van der Waals surface area (Å²) in [7, 11) is 3.34. The van der Waals surface area contributed by atoms with Gasteiger partial charge in [0.05, 0.1) is 23.4 Å². The minimum atomic E-state index is -0.157. The van der Waals surface area contributed by atoms with Gasteiger partial charge in [-0.15, -0.1) is 0 Å². The predicted molar refractivity (Wildman–Crippen MR) is 122 cm³/mol. The third kappa shape index (κ3) is 4.21. The molecule has 0 unspecified atom stereocenters. The van der Waals surface area contributed by atoms with Crippen LogP contribution in [0.3, 0.4) is 0 Å². The van der Waals surface area contributed by atoms with Crippen molar-refractivity contribution in [3.63, 3.8) is 0 Å². The maximum Gasteiger partial charge on any atom is 0.255 e. The molecule has 2 heterocycles. The molecule has 3 aromatic rings. The van der Waals surface area contributed by atoms with E-state index in [-0.39, 0.29) is 17.1 Å². The second-order valence-corrected chi connectivity index (χ2v) is 9.01. The number of amides is 1. The normalized spacial score (nSPS) is 14.8. The minimum Gasteiger partial charge on any atom is -0.383 e. The zero-order valence-corrected chi connectivity index (χ0v) is 19.0. The molecule has 0 bridgehead atoms. The van der Waals surface area contributed by atoms with Gasteiger partial charge in [-0.1, -0.05) is 44.2 Å². The highest BCUT2D eigenvalue weighted by Crippen LogP contribution is 2.39. The first kappa shape index (κ1) is 21.9. The largest absolute Gasteiger partial charge is 0.383 e. The third-order valence-corrected chi connectivity index (χ3v) is 5.78. The number of hydrogen-bond donors (Lipinski definition) is 0. The van der Waals surface area contributed by atoms with Crippen LogP contribution in [0, 0.1) is 5.41 Å². The zero-order chi connectivity index (χ0) is 22.9. The highest BCUT2D eigenvalue weighted by Gasteiger charge is 2.37. The van der Waals surface area contributed by atoms with E-state index in [1.54, 1.807) is 42.1 Å². The van der Waals surface area contributed by atoms with Crippen molar-refractivity contribution in [2.75, 3.05) is 27.3 Å². The summed E-state index contributed by atoms with van der Waals surface area (Å²) in [5, 5.41) is 4.82. The predicted octanol–water partition coefficient (Wildman–Crippen LogP) is 3.81. The van der Waals surface area contributed by atoms with E-state index in [0.29, 0.717) is 42.2 Å². The van der Waals surface area contributed by atoms with Crippen LogP contribution in [0.25, 0.3) is 17.1 Å². The standard InChI is InChI=1S/C25H28N4O3/c1-25(2)14-19-22(20(30)15-25)23(17-8-6-5-7-9-17)27-29(19)21-11-10-18(16-26-21)24(31)28(3)12-13-32-4/h5-11,16H,12-15H2,1-4H3. The summed E-state index contributed by atoms with van der Waals surface area (Å²) in [6.07, 6.45) is 2.77. The first-order valence-electron chi connectivity index (χ1n) is 10.7. The van der Waals surface area contributed by atoms with E-state index in [9.17, 15) is 9.59 Å². The van der Waals surface area contributed by atoms with Gasteiger partial charge in [0.15, 0.2) is 11.6 Å². The monoisotopic (exact) mass is 432 g/mol.